The first-order chi connectivity index (χ1) is 12.6. The highest BCUT2D eigenvalue weighted by Crippen LogP contribution is 2.44. The summed E-state index contributed by atoms with van der Waals surface area (Å²) in [4.78, 5) is 14.7. The zero-order valence-electron chi connectivity index (χ0n) is 14.6. The number of halogens is 1. The first kappa shape index (κ1) is 17.2. The molecule has 5 nitrogen and oxygen atoms in total. The number of nitrogens with one attached hydrogen (secondary N) is 1. The quantitative estimate of drug-likeness (QED) is 0.862. The zero-order chi connectivity index (χ0) is 18.0. The fourth-order valence-corrected chi connectivity index (χ4v) is 4.16. The van der Waals surface area contributed by atoms with E-state index in [1.807, 2.05) is 18.2 Å². The van der Waals surface area contributed by atoms with Crippen molar-refractivity contribution in [2.45, 2.75) is 19.5 Å². The van der Waals surface area contributed by atoms with Crippen molar-refractivity contribution in [1.29, 1.82) is 0 Å². The van der Waals surface area contributed by atoms with Crippen LogP contribution in [0.3, 0.4) is 0 Å². The third-order valence-corrected chi connectivity index (χ3v) is 5.50. The summed E-state index contributed by atoms with van der Waals surface area (Å²) in [6.07, 6.45) is 2.02. The molecule has 6 heteroatoms. The first-order valence-corrected chi connectivity index (χ1v) is 8.97. The molecule has 2 aliphatic rings. The van der Waals surface area contributed by atoms with Crippen LogP contribution in [0.2, 0.25) is 0 Å². The van der Waals surface area contributed by atoms with Gasteiger partial charge in [-0.05, 0) is 18.2 Å². The first-order valence-electron chi connectivity index (χ1n) is 8.97. The van der Waals surface area contributed by atoms with Gasteiger partial charge in [-0.2, -0.15) is 0 Å². The molecule has 2 fully saturated rings. The summed E-state index contributed by atoms with van der Waals surface area (Å²) in [5.41, 5.74) is 0.518. The summed E-state index contributed by atoms with van der Waals surface area (Å²) < 4.78 is 24.9. The Morgan fingerprint density at radius 3 is 3.00 bits per heavy atom. The molecule has 1 N–H and O–H groups in total. The van der Waals surface area contributed by atoms with E-state index in [-0.39, 0.29) is 17.1 Å². The highest BCUT2D eigenvalue weighted by atomic mass is 19.1. The summed E-state index contributed by atoms with van der Waals surface area (Å²) in [6.45, 7) is 3.80. The Labute approximate surface area is 152 Å². The lowest BCUT2D eigenvalue weighted by molar-refractivity contribution is -0.124. The average molecular weight is 358 g/mol. The molecule has 0 bridgehead atoms. The standard InChI is InChI=1S/C20H23FN2O3/c21-18-6-2-1-4-15(18)10-23-11-16-12-25-14-20(16,13-23)8-19(24)22-9-17-5-3-7-26-17/h1-7,16H,8-14H2,(H,22,24)/t16-,20+/m0/s1. The van der Waals surface area contributed by atoms with Gasteiger partial charge in [0.25, 0.3) is 0 Å². The van der Waals surface area contributed by atoms with Gasteiger partial charge in [0.2, 0.25) is 5.91 Å². The minimum atomic E-state index is -0.182. The SMILES string of the molecule is O=C(C[C@@]12COC[C@@H]1CN(Cc1ccccc1F)C2)NCc1ccco1. The molecule has 2 aromatic rings. The van der Waals surface area contributed by atoms with E-state index < -0.39 is 0 Å². The number of carbonyl (C=O) groups excluding carboxylic acids is 1. The molecule has 26 heavy (non-hydrogen) atoms. The highest BCUT2D eigenvalue weighted by molar-refractivity contribution is 5.76. The summed E-state index contributed by atoms with van der Waals surface area (Å²) >= 11 is 0. The zero-order valence-corrected chi connectivity index (χ0v) is 14.6. The van der Waals surface area contributed by atoms with Crippen LogP contribution in [-0.4, -0.2) is 37.1 Å². The van der Waals surface area contributed by atoms with Crippen molar-refractivity contribution in [3.05, 3.63) is 59.8 Å². The maximum atomic E-state index is 13.9. The van der Waals surface area contributed by atoms with Gasteiger partial charge in [-0.3, -0.25) is 9.69 Å². The van der Waals surface area contributed by atoms with Gasteiger partial charge in [0.1, 0.15) is 11.6 Å². The van der Waals surface area contributed by atoms with Gasteiger partial charge < -0.3 is 14.5 Å². The molecule has 0 radical (unpaired) electrons. The summed E-state index contributed by atoms with van der Waals surface area (Å²) in [5.74, 6) is 0.877. The summed E-state index contributed by atoms with van der Waals surface area (Å²) in [6, 6.07) is 10.5. The van der Waals surface area contributed by atoms with Crippen LogP contribution >= 0.6 is 0 Å². The van der Waals surface area contributed by atoms with Crippen molar-refractivity contribution in [3.8, 4) is 0 Å². The molecule has 0 unspecified atom stereocenters. The normalized spacial score (nSPS) is 25.3. The number of ether oxygens (including phenoxy) is 1. The van der Waals surface area contributed by atoms with Crippen molar-refractivity contribution in [2.75, 3.05) is 26.3 Å². The Kier molecular flexibility index (Phi) is 4.78. The second kappa shape index (κ2) is 7.21. The number of benzene rings is 1. The van der Waals surface area contributed by atoms with Crippen molar-refractivity contribution in [1.82, 2.24) is 10.2 Å². The van der Waals surface area contributed by atoms with E-state index in [1.165, 1.54) is 6.07 Å². The van der Waals surface area contributed by atoms with Crippen LogP contribution < -0.4 is 5.32 Å². The smallest absolute Gasteiger partial charge is 0.221 e. The van der Waals surface area contributed by atoms with Crippen LogP contribution in [0.4, 0.5) is 4.39 Å². The van der Waals surface area contributed by atoms with E-state index in [2.05, 4.69) is 10.2 Å². The van der Waals surface area contributed by atoms with Crippen molar-refractivity contribution in [3.63, 3.8) is 0 Å². The molecule has 1 amide bonds. The Hall–Kier alpha value is -2.18. The topological polar surface area (TPSA) is 54.7 Å². The molecule has 0 spiro atoms. The second-order valence-corrected chi connectivity index (χ2v) is 7.37. The molecule has 0 aliphatic carbocycles. The van der Waals surface area contributed by atoms with Gasteiger partial charge >= 0.3 is 0 Å². The Morgan fingerprint density at radius 1 is 1.31 bits per heavy atom. The molecule has 2 atom stereocenters. The lowest BCUT2D eigenvalue weighted by atomic mass is 9.78. The van der Waals surface area contributed by atoms with E-state index in [4.69, 9.17) is 9.15 Å². The average Bonchev–Trinajstić information content (AvgIpc) is 3.31. The van der Waals surface area contributed by atoms with E-state index in [9.17, 15) is 9.18 Å². The second-order valence-electron chi connectivity index (χ2n) is 7.37. The van der Waals surface area contributed by atoms with Gasteiger partial charge in [-0.25, -0.2) is 4.39 Å². The Balaban J connectivity index is 1.38. The van der Waals surface area contributed by atoms with Crippen molar-refractivity contribution < 1.29 is 18.3 Å². The number of carbonyl (C=O) groups is 1. The van der Waals surface area contributed by atoms with Crippen molar-refractivity contribution in [2.24, 2.45) is 11.3 Å². The number of furan rings is 1. The van der Waals surface area contributed by atoms with Gasteiger partial charge in [0, 0.05) is 43.0 Å². The molecule has 1 aromatic heterocycles. The van der Waals surface area contributed by atoms with E-state index >= 15 is 0 Å². The number of hydrogen-bond acceptors (Lipinski definition) is 4. The third-order valence-electron chi connectivity index (χ3n) is 5.50. The van der Waals surface area contributed by atoms with Gasteiger partial charge in [0.15, 0.2) is 0 Å². The summed E-state index contributed by atoms with van der Waals surface area (Å²) in [5, 5.41) is 2.93. The molecule has 138 valence electrons. The van der Waals surface area contributed by atoms with E-state index in [0.717, 1.165) is 18.8 Å². The number of hydrogen-bond donors (Lipinski definition) is 1. The fraction of sp³-hybridized carbons (Fsp3) is 0.450. The molecule has 2 saturated heterocycles. The molecular weight excluding hydrogens is 335 g/mol. The number of rotatable bonds is 6. The van der Waals surface area contributed by atoms with E-state index in [1.54, 1.807) is 18.4 Å². The number of nitrogens with zero attached hydrogens (tertiary/aromatic N) is 1. The van der Waals surface area contributed by atoms with Gasteiger partial charge in [0.05, 0.1) is 26.0 Å². The van der Waals surface area contributed by atoms with E-state index in [0.29, 0.717) is 44.2 Å². The lowest BCUT2D eigenvalue weighted by Crippen LogP contribution is -2.37. The molecule has 4 rings (SSSR count). The maximum Gasteiger partial charge on any atom is 0.221 e. The fourth-order valence-electron chi connectivity index (χ4n) is 4.16. The molecule has 1 aromatic carbocycles. The minimum absolute atomic E-state index is 0.00430. The van der Waals surface area contributed by atoms with Gasteiger partial charge in [-0.1, -0.05) is 18.2 Å². The van der Waals surface area contributed by atoms with Crippen LogP contribution in [0.15, 0.2) is 47.1 Å². The van der Waals surface area contributed by atoms with Crippen LogP contribution in [0.1, 0.15) is 17.7 Å². The van der Waals surface area contributed by atoms with Crippen LogP contribution in [-0.2, 0) is 22.6 Å². The number of likely N-dealkylation sites (tertiary alicyclic amines) is 1. The molecule has 2 aliphatic heterocycles. The van der Waals surface area contributed by atoms with Crippen LogP contribution in [0.5, 0.6) is 0 Å². The third kappa shape index (κ3) is 3.52. The highest BCUT2D eigenvalue weighted by Gasteiger charge is 2.51. The minimum Gasteiger partial charge on any atom is -0.467 e. The Bertz CT molecular complexity index is 764. The lowest BCUT2D eigenvalue weighted by Gasteiger charge is -2.26. The van der Waals surface area contributed by atoms with Crippen LogP contribution in [0.25, 0.3) is 0 Å². The number of fused-ring (bicyclic) bond motifs is 1. The molecular formula is C20H23FN2O3. The van der Waals surface area contributed by atoms with Crippen molar-refractivity contribution >= 4 is 5.91 Å². The number of amides is 1. The molecule has 3 heterocycles. The monoisotopic (exact) mass is 358 g/mol. The molecule has 0 saturated carbocycles. The van der Waals surface area contributed by atoms with Gasteiger partial charge in [-0.15, -0.1) is 0 Å². The van der Waals surface area contributed by atoms with Crippen LogP contribution in [0, 0.1) is 17.2 Å². The Morgan fingerprint density at radius 2 is 2.19 bits per heavy atom. The largest absolute Gasteiger partial charge is 0.467 e. The predicted molar refractivity (Wildman–Crippen MR) is 93.6 cm³/mol. The summed E-state index contributed by atoms with van der Waals surface area (Å²) in [7, 11) is 0. The predicted octanol–water partition coefficient (Wildman–Crippen LogP) is 2.57. The maximum absolute atomic E-state index is 13.9.